The zero-order chi connectivity index (χ0) is 19.8. The molecule has 0 saturated heterocycles. The third-order valence-corrected chi connectivity index (χ3v) is 4.09. The van der Waals surface area contributed by atoms with Crippen molar-refractivity contribution in [1.82, 2.24) is 10.2 Å². The molecule has 2 rings (SSSR count). The van der Waals surface area contributed by atoms with Crippen molar-refractivity contribution in [2.45, 2.75) is 18.9 Å². The molecule has 1 atom stereocenters. The molecule has 0 radical (unpaired) electrons. The molecule has 2 aromatic rings. The van der Waals surface area contributed by atoms with Gasteiger partial charge in [0.2, 0.25) is 5.91 Å². The van der Waals surface area contributed by atoms with Crippen LogP contribution in [0.1, 0.15) is 23.7 Å². The Balaban J connectivity index is 1.92. The molecule has 0 aliphatic carbocycles. The monoisotopic (exact) mass is 373 g/mol. The number of aryl methyl sites for hydroxylation is 1. The first-order valence-electron chi connectivity index (χ1n) is 8.64. The number of aliphatic hydroxyl groups excluding tert-OH is 1. The fourth-order valence-corrected chi connectivity index (χ4v) is 2.54. The first kappa shape index (κ1) is 20.4. The highest BCUT2D eigenvalue weighted by Gasteiger charge is 2.14. The number of hydrogen-bond donors (Lipinski definition) is 3. The summed E-state index contributed by atoms with van der Waals surface area (Å²) in [4.78, 5) is 25.4. The average molecular weight is 373 g/mol. The van der Waals surface area contributed by atoms with Crippen LogP contribution in [0, 0.1) is 5.82 Å². The summed E-state index contributed by atoms with van der Waals surface area (Å²) >= 11 is 0. The number of rotatable bonds is 7. The molecule has 7 heteroatoms. The zero-order valence-corrected chi connectivity index (χ0v) is 15.4. The van der Waals surface area contributed by atoms with E-state index in [9.17, 15) is 19.1 Å². The number of nitrogens with zero attached hydrogens (tertiary/aromatic N) is 1. The van der Waals surface area contributed by atoms with Gasteiger partial charge in [0, 0.05) is 38.3 Å². The Morgan fingerprint density at radius 3 is 2.48 bits per heavy atom. The Morgan fingerprint density at radius 1 is 1.11 bits per heavy atom. The van der Waals surface area contributed by atoms with Crippen LogP contribution in [0.5, 0.6) is 0 Å². The highest BCUT2D eigenvalue weighted by molar-refractivity contribution is 5.90. The predicted molar refractivity (Wildman–Crippen MR) is 102 cm³/mol. The lowest BCUT2D eigenvalue weighted by Crippen LogP contribution is -2.33. The quantitative estimate of drug-likeness (QED) is 0.698. The van der Waals surface area contributed by atoms with Crippen LogP contribution in [0.25, 0.3) is 0 Å². The summed E-state index contributed by atoms with van der Waals surface area (Å²) in [5.74, 6) is -0.523. The van der Waals surface area contributed by atoms with Crippen molar-refractivity contribution in [3.8, 4) is 0 Å². The molecule has 6 nitrogen and oxygen atoms in total. The second-order valence-corrected chi connectivity index (χ2v) is 6.32. The molecule has 2 aromatic carbocycles. The number of carbonyl (C=O) groups excluding carboxylic acids is 2. The summed E-state index contributed by atoms with van der Waals surface area (Å²) in [6.07, 6.45) is -0.324. The van der Waals surface area contributed by atoms with Gasteiger partial charge in [0.05, 0.1) is 6.10 Å². The van der Waals surface area contributed by atoms with Gasteiger partial charge in [0.25, 0.3) is 0 Å². The number of carbonyl (C=O) groups is 2. The van der Waals surface area contributed by atoms with Gasteiger partial charge >= 0.3 is 6.03 Å². The third kappa shape index (κ3) is 6.07. The zero-order valence-electron chi connectivity index (χ0n) is 15.4. The van der Waals surface area contributed by atoms with Crippen LogP contribution in [0.4, 0.5) is 14.9 Å². The Hall–Kier alpha value is -2.93. The van der Waals surface area contributed by atoms with Gasteiger partial charge in [0.1, 0.15) is 5.82 Å². The molecule has 3 amide bonds. The highest BCUT2D eigenvalue weighted by atomic mass is 19.1. The lowest BCUT2D eigenvalue weighted by molar-refractivity contribution is -0.128. The Morgan fingerprint density at radius 2 is 1.78 bits per heavy atom. The molecule has 0 fully saturated rings. The number of para-hydroxylation sites is 1. The van der Waals surface area contributed by atoms with Gasteiger partial charge in [-0.25, -0.2) is 9.18 Å². The fourth-order valence-electron chi connectivity index (χ4n) is 2.54. The number of hydrogen-bond acceptors (Lipinski definition) is 3. The van der Waals surface area contributed by atoms with Gasteiger partial charge in [-0.1, -0.05) is 36.4 Å². The molecule has 3 N–H and O–H groups in total. The summed E-state index contributed by atoms with van der Waals surface area (Å²) in [5.41, 5.74) is 1.54. The van der Waals surface area contributed by atoms with Gasteiger partial charge in [-0.05, 0) is 24.1 Å². The van der Waals surface area contributed by atoms with Crippen LogP contribution < -0.4 is 10.6 Å². The summed E-state index contributed by atoms with van der Waals surface area (Å²) in [7, 11) is 3.39. The second kappa shape index (κ2) is 9.68. The lowest BCUT2D eigenvalue weighted by atomic mass is 10.1. The van der Waals surface area contributed by atoms with E-state index in [1.165, 1.54) is 23.1 Å². The van der Waals surface area contributed by atoms with Gasteiger partial charge in [-0.3, -0.25) is 4.79 Å². The second-order valence-electron chi connectivity index (χ2n) is 6.32. The highest BCUT2D eigenvalue weighted by Crippen LogP contribution is 2.18. The maximum atomic E-state index is 13.7. The maximum absolute atomic E-state index is 13.7. The van der Waals surface area contributed by atoms with E-state index in [4.69, 9.17) is 0 Å². The number of nitrogens with one attached hydrogen (secondary N) is 2. The standard InChI is InChI=1S/C20H24FN3O3/c1-24(2)19(26)12-11-14-7-3-6-10-17(14)23-20(27)22-13-18(25)15-8-4-5-9-16(15)21/h3-10,18,25H,11-13H2,1-2H3,(H2,22,23,27). The summed E-state index contributed by atoms with van der Waals surface area (Å²) in [6.45, 7) is -0.131. The third-order valence-electron chi connectivity index (χ3n) is 4.09. The Kier molecular flexibility index (Phi) is 7.31. The molecular weight excluding hydrogens is 349 g/mol. The maximum Gasteiger partial charge on any atom is 0.319 e. The molecule has 1 unspecified atom stereocenters. The van der Waals surface area contributed by atoms with Crippen LogP contribution >= 0.6 is 0 Å². The van der Waals surface area contributed by atoms with Crippen molar-refractivity contribution in [1.29, 1.82) is 0 Å². The van der Waals surface area contributed by atoms with Crippen LogP contribution in [0.3, 0.4) is 0 Å². The topological polar surface area (TPSA) is 81.7 Å². The molecule has 0 heterocycles. The van der Waals surface area contributed by atoms with Crippen molar-refractivity contribution in [2.24, 2.45) is 0 Å². The smallest absolute Gasteiger partial charge is 0.319 e. The van der Waals surface area contributed by atoms with Crippen LogP contribution in [-0.2, 0) is 11.2 Å². The minimum atomic E-state index is -1.15. The molecule has 0 bridgehead atoms. The van der Waals surface area contributed by atoms with Crippen molar-refractivity contribution in [3.63, 3.8) is 0 Å². The average Bonchev–Trinajstić information content (AvgIpc) is 2.65. The normalized spacial score (nSPS) is 11.6. The SMILES string of the molecule is CN(C)C(=O)CCc1ccccc1NC(=O)NCC(O)c1ccccc1F. The van der Waals surface area contributed by atoms with E-state index in [-0.39, 0.29) is 18.0 Å². The number of benzene rings is 2. The fraction of sp³-hybridized carbons (Fsp3) is 0.300. The van der Waals surface area contributed by atoms with Gasteiger partial charge in [-0.2, -0.15) is 0 Å². The number of halogens is 1. The van der Waals surface area contributed by atoms with Crippen molar-refractivity contribution in [2.75, 3.05) is 26.0 Å². The van der Waals surface area contributed by atoms with E-state index in [1.54, 1.807) is 32.3 Å². The number of aliphatic hydroxyl groups is 1. The number of anilines is 1. The van der Waals surface area contributed by atoms with Crippen molar-refractivity contribution in [3.05, 3.63) is 65.5 Å². The van der Waals surface area contributed by atoms with E-state index >= 15 is 0 Å². The van der Waals surface area contributed by atoms with Crippen molar-refractivity contribution >= 4 is 17.6 Å². The molecular formula is C20H24FN3O3. The Labute approximate surface area is 158 Å². The van der Waals surface area contributed by atoms with E-state index < -0.39 is 18.0 Å². The predicted octanol–water partition coefficient (Wildman–Crippen LogP) is 2.70. The van der Waals surface area contributed by atoms with Crippen molar-refractivity contribution < 1.29 is 19.1 Å². The molecule has 0 aliphatic rings. The van der Waals surface area contributed by atoms with Gasteiger partial charge in [-0.15, -0.1) is 0 Å². The molecule has 144 valence electrons. The number of urea groups is 1. The van der Waals surface area contributed by atoms with E-state index in [0.717, 1.165) is 5.56 Å². The minimum absolute atomic E-state index is 0.00210. The van der Waals surface area contributed by atoms with Crippen LogP contribution in [-0.4, -0.2) is 42.6 Å². The lowest BCUT2D eigenvalue weighted by Gasteiger charge is -2.15. The summed E-state index contributed by atoms with van der Waals surface area (Å²) < 4.78 is 13.7. The van der Waals surface area contributed by atoms with Gasteiger partial charge < -0.3 is 20.6 Å². The van der Waals surface area contributed by atoms with Crippen LogP contribution in [0.2, 0.25) is 0 Å². The van der Waals surface area contributed by atoms with Gasteiger partial charge in [0.15, 0.2) is 0 Å². The van der Waals surface area contributed by atoms with Crippen LogP contribution in [0.15, 0.2) is 48.5 Å². The molecule has 0 aromatic heterocycles. The summed E-state index contributed by atoms with van der Waals surface area (Å²) in [6, 6.07) is 12.5. The molecule has 0 spiro atoms. The Bertz CT molecular complexity index is 796. The molecule has 27 heavy (non-hydrogen) atoms. The largest absolute Gasteiger partial charge is 0.386 e. The van der Waals surface area contributed by atoms with E-state index in [1.807, 2.05) is 12.1 Å². The molecule has 0 aliphatic heterocycles. The van der Waals surface area contributed by atoms with E-state index in [2.05, 4.69) is 10.6 Å². The van der Waals surface area contributed by atoms with E-state index in [0.29, 0.717) is 18.5 Å². The summed E-state index contributed by atoms with van der Waals surface area (Å²) in [5, 5.41) is 15.3. The first-order valence-corrected chi connectivity index (χ1v) is 8.64. The molecule has 0 saturated carbocycles. The minimum Gasteiger partial charge on any atom is -0.386 e. The number of amides is 3. The first-order chi connectivity index (χ1) is 12.9.